The summed E-state index contributed by atoms with van der Waals surface area (Å²) < 4.78 is 29.6. The van der Waals surface area contributed by atoms with Crippen molar-refractivity contribution in [2.24, 2.45) is 5.14 Å². The van der Waals surface area contributed by atoms with Crippen LogP contribution in [0.15, 0.2) is 5.16 Å². The normalized spacial score (nSPS) is 12.3. The zero-order valence-corrected chi connectivity index (χ0v) is 11.8. The molecule has 1 aromatic rings. The van der Waals surface area contributed by atoms with E-state index in [1.807, 2.05) is 20.8 Å². The standard InChI is InChI=1S/C10H20N4O3S/c1-4-6-17-7-5-9-12-13-10(18(11,15)16)14(9)8(2)3/h8H,4-7H2,1-3H3,(H2,11,15,16). The quantitative estimate of drug-likeness (QED) is 0.730. The fourth-order valence-corrected chi connectivity index (χ4v) is 2.35. The van der Waals surface area contributed by atoms with Gasteiger partial charge in [0.25, 0.3) is 15.2 Å². The molecule has 0 atom stereocenters. The van der Waals surface area contributed by atoms with E-state index >= 15 is 0 Å². The molecule has 0 aliphatic rings. The van der Waals surface area contributed by atoms with Crippen molar-refractivity contribution in [3.63, 3.8) is 0 Å². The van der Waals surface area contributed by atoms with Crippen molar-refractivity contribution in [3.05, 3.63) is 5.82 Å². The zero-order chi connectivity index (χ0) is 13.8. The summed E-state index contributed by atoms with van der Waals surface area (Å²) in [7, 11) is -3.84. The second kappa shape index (κ2) is 6.26. The van der Waals surface area contributed by atoms with E-state index in [9.17, 15) is 8.42 Å². The second-order valence-electron chi connectivity index (χ2n) is 4.27. The molecule has 1 heterocycles. The van der Waals surface area contributed by atoms with E-state index in [1.165, 1.54) is 4.57 Å². The Morgan fingerprint density at radius 2 is 2.00 bits per heavy atom. The SMILES string of the molecule is CCCOCCc1nnc(S(N)(=O)=O)n1C(C)C. The van der Waals surface area contributed by atoms with Crippen LogP contribution in [-0.4, -0.2) is 36.4 Å². The Morgan fingerprint density at radius 1 is 1.33 bits per heavy atom. The van der Waals surface area contributed by atoms with Gasteiger partial charge in [0.05, 0.1) is 6.61 Å². The number of rotatable bonds is 7. The monoisotopic (exact) mass is 276 g/mol. The van der Waals surface area contributed by atoms with E-state index < -0.39 is 10.0 Å². The highest BCUT2D eigenvalue weighted by Gasteiger charge is 2.22. The van der Waals surface area contributed by atoms with Crippen LogP contribution in [0.1, 0.15) is 39.1 Å². The third kappa shape index (κ3) is 3.76. The predicted molar refractivity (Wildman–Crippen MR) is 66.6 cm³/mol. The number of nitrogens with zero attached hydrogens (tertiary/aromatic N) is 3. The molecule has 0 aliphatic heterocycles. The minimum absolute atomic E-state index is 0.0745. The van der Waals surface area contributed by atoms with Crippen LogP contribution in [0.5, 0.6) is 0 Å². The number of hydrogen-bond donors (Lipinski definition) is 1. The number of hydrogen-bond acceptors (Lipinski definition) is 5. The summed E-state index contributed by atoms with van der Waals surface area (Å²) >= 11 is 0. The van der Waals surface area contributed by atoms with E-state index in [0.29, 0.717) is 25.5 Å². The molecule has 7 nitrogen and oxygen atoms in total. The van der Waals surface area contributed by atoms with Crippen molar-refractivity contribution in [1.82, 2.24) is 14.8 Å². The third-order valence-corrected chi connectivity index (χ3v) is 3.11. The van der Waals surface area contributed by atoms with Gasteiger partial charge in [0.1, 0.15) is 5.82 Å². The lowest BCUT2D eigenvalue weighted by Crippen LogP contribution is -2.21. The van der Waals surface area contributed by atoms with Crippen molar-refractivity contribution < 1.29 is 13.2 Å². The van der Waals surface area contributed by atoms with Crippen molar-refractivity contribution in [2.75, 3.05) is 13.2 Å². The molecule has 0 saturated carbocycles. The average molecular weight is 276 g/mol. The summed E-state index contributed by atoms with van der Waals surface area (Å²) in [5.41, 5.74) is 0. The first-order chi connectivity index (χ1) is 8.38. The van der Waals surface area contributed by atoms with E-state index in [4.69, 9.17) is 9.88 Å². The number of primary sulfonamides is 1. The van der Waals surface area contributed by atoms with Crippen LogP contribution in [-0.2, 0) is 21.2 Å². The van der Waals surface area contributed by atoms with Gasteiger partial charge >= 0.3 is 0 Å². The number of sulfonamides is 1. The Bertz CT molecular complexity index is 481. The molecule has 0 spiro atoms. The lowest BCUT2D eigenvalue weighted by molar-refractivity contribution is 0.135. The molecule has 104 valence electrons. The van der Waals surface area contributed by atoms with Gasteiger partial charge in [-0.25, -0.2) is 13.6 Å². The zero-order valence-electron chi connectivity index (χ0n) is 11.0. The van der Waals surface area contributed by atoms with Crippen LogP contribution >= 0.6 is 0 Å². The van der Waals surface area contributed by atoms with E-state index in [2.05, 4.69) is 10.2 Å². The molecular weight excluding hydrogens is 256 g/mol. The number of nitrogens with two attached hydrogens (primary N) is 1. The molecule has 0 saturated heterocycles. The Labute approximate surface area is 107 Å². The maximum Gasteiger partial charge on any atom is 0.273 e. The molecular formula is C10H20N4O3S. The predicted octanol–water partition coefficient (Wildman–Crippen LogP) is 0.476. The number of ether oxygens (including phenoxy) is 1. The molecule has 0 bridgehead atoms. The van der Waals surface area contributed by atoms with Crippen molar-refractivity contribution in [1.29, 1.82) is 0 Å². The summed E-state index contributed by atoms with van der Waals surface area (Å²) in [6.07, 6.45) is 1.46. The van der Waals surface area contributed by atoms with Crippen LogP contribution < -0.4 is 5.14 Å². The first kappa shape index (κ1) is 15.1. The van der Waals surface area contributed by atoms with Gasteiger partial charge in [-0.15, -0.1) is 10.2 Å². The van der Waals surface area contributed by atoms with Gasteiger partial charge in [-0.3, -0.25) is 4.57 Å². The van der Waals surface area contributed by atoms with Crippen LogP contribution in [0.3, 0.4) is 0 Å². The Kier molecular flexibility index (Phi) is 5.24. The molecule has 0 radical (unpaired) electrons. The van der Waals surface area contributed by atoms with Crippen molar-refractivity contribution >= 4 is 10.0 Å². The van der Waals surface area contributed by atoms with Gasteiger partial charge in [0.15, 0.2) is 0 Å². The maximum absolute atomic E-state index is 11.4. The fourth-order valence-electron chi connectivity index (χ4n) is 1.60. The molecule has 0 aromatic carbocycles. The first-order valence-electron chi connectivity index (χ1n) is 5.92. The molecule has 0 aliphatic carbocycles. The average Bonchev–Trinajstić information content (AvgIpc) is 2.67. The highest BCUT2D eigenvalue weighted by atomic mass is 32.2. The fraction of sp³-hybridized carbons (Fsp3) is 0.800. The summed E-state index contributed by atoms with van der Waals surface area (Å²) in [6, 6.07) is -0.0745. The van der Waals surface area contributed by atoms with Gasteiger partial charge in [0, 0.05) is 19.1 Å². The maximum atomic E-state index is 11.4. The summed E-state index contributed by atoms with van der Waals surface area (Å²) in [5.74, 6) is 0.574. The Balaban J connectivity index is 2.89. The van der Waals surface area contributed by atoms with Crippen LogP contribution in [0.25, 0.3) is 0 Å². The van der Waals surface area contributed by atoms with Gasteiger partial charge in [-0.05, 0) is 20.3 Å². The molecule has 18 heavy (non-hydrogen) atoms. The van der Waals surface area contributed by atoms with E-state index in [-0.39, 0.29) is 11.2 Å². The highest BCUT2D eigenvalue weighted by Crippen LogP contribution is 2.15. The van der Waals surface area contributed by atoms with E-state index in [1.54, 1.807) is 0 Å². The largest absolute Gasteiger partial charge is 0.381 e. The molecule has 0 amide bonds. The molecule has 1 rings (SSSR count). The summed E-state index contributed by atoms with van der Waals surface area (Å²) in [5, 5.41) is 12.4. The number of aromatic nitrogens is 3. The topological polar surface area (TPSA) is 100 Å². The van der Waals surface area contributed by atoms with Crippen LogP contribution in [0, 0.1) is 0 Å². The van der Waals surface area contributed by atoms with Crippen molar-refractivity contribution in [2.45, 2.75) is 44.8 Å². The molecule has 0 fully saturated rings. The first-order valence-corrected chi connectivity index (χ1v) is 7.46. The third-order valence-electron chi connectivity index (χ3n) is 2.32. The van der Waals surface area contributed by atoms with Gasteiger partial charge in [0.2, 0.25) is 0 Å². The van der Waals surface area contributed by atoms with Crippen LogP contribution in [0.2, 0.25) is 0 Å². The summed E-state index contributed by atoms with van der Waals surface area (Å²) in [4.78, 5) is 0. The van der Waals surface area contributed by atoms with Crippen molar-refractivity contribution in [3.8, 4) is 0 Å². The lowest BCUT2D eigenvalue weighted by Gasteiger charge is -2.12. The van der Waals surface area contributed by atoms with Crippen LogP contribution in [0.4, 0.5) is 0 Å². The summed E-state index contributed by atoms with van der Waals surface area (Å²) in [6.45, 7) is 6.90. The van der Waals surface area contributed by atoms with E-state index in [0.717, 1.165) is 6.42 Å². The minimum Gasteiger partial charge on any atom is -0.381 e. The van der Waals surface area contributed by atoms with Gasteiger partial charge in [-0.1, -0.05) is 6.92 Å². The smallest absolute Gasteiger partial charge is 0.273 e. The molecule has 0 unspecified atom stereocenters. The second-order valence-corrected chi connectivity index (χ2v) is 5.73. The minimum atomic E-state index is -3.84. The van der Waals surface area contributed by atoms with Gasteiger partial charge in [-0.2, -0.15) is 0 Å². The molecule has 8 heteroatoms. The van der Waals surface area contributed by atoms with Gasteiger partial charge < -0.3 is 4.74 Å². The molecule has 2 N–H and O–H groups in total. The Hall–Kier alpha value is -0.990. The highest BCUT2D eigenvalue weighted by molar-refractivity contribution is 7.89. The Morgan fingerprint density at radius 3 is 2.50 bits per heavy atom. The molecule has 1 aromatic heterocycles. The lowest BCUT2D eigenvalue weighted by atomic mass is 10.3.